The monoisotopic (exact) mass is 278 g/mol. The smallest absolute Gasteiger partial charge is 0.293 e. The van der Waals surface area contributed by atoms with E-state index in [1.165, 1.54) is 0 Å². The molecule has 2 rings (SSSR count). The van der Waals surface area contributed by atoms with Gasteiger partial charge in [0.25, 0.3) is 5.56 Å². The number of aromatic nitrogens is 3. The van der Waals surface area contributed by atoms with Gasteiger partial charge in [0.2, 0.25) is 0 Å². The number of nitrogens with one attached hydrogen (secondary N) is 1. The fraction of sp³-hybridized carbons (Fsp3) is 0.462. The van der Waals surface area contributed by atoms with Crippen LogP contribution in [-0.4, -0.2) is 21.1 Å². The van der Waals surface area contributed by atoms with Crippen molar-refractivity contribution in [3.05, 3.63) is 39.3 Å². The van der Waals surface area contributed by atoms with Crippen molar-refractivity contribution in [3.8, 4) is 0 Å². The zero-order chi connectivity index (χ0) is 13.9. The van der Waals surface area contributed by atoms with Gasteiger partial charge in [0, 0.05) is 36.3 Å². The minimum Gasteiger partial charge on any atom is -0.365 e. The van der Waals surface area contributed by atoms with Gasteiger partial charge >= 0.3 is 0 Å². The summed E-state index contributed by atoms with van der Waals surface area (Å²) in [6.45, 7) is 6.63. The number of anilines is 1. The number of nitrogens with zero attached hydrogens (tertiary/aromatic N) is 3. The normalized spacial score (nSPS) is 11.5. The first-order valence-electron chi connectivity index (χ1n) is 6.17. The molecular weight excluding hydrogens is 260 g/mol. The van der Waals surface area contributed by atoms with Crippen LogP contribution in [0.5, 0.6) is 0 Å². The Balaban J connectivity index is 2.07. The molecule has 0 bridgehead atoms. The second-order valence-corrected chi connectivity index (χ2v) is 6.00. The lowest BCUT2D eigenvalue weighted by Crippen LogP contribution is -2.35. The molecule has 1 N–H and O–H groups in total. The molecule has 0 aliphatic heterocycles. The lowest BCUT2D eigenvalue weighted by atomic mass is 10.1. The first-order chi connectivity index (χ1) is 8.98. The van der Waals surface area contributed by atoms with Crippen molar-refractivity contribution in [2.45, 2.75) is 32.7 Å². The van der Waals surface area contributed by atoms with E-state index in [0.29, 0.717) is 12.4 Å². The molecule has 0 aromatic carbocycles. The summed E-state index contributed by atoms with van der Waals surface area (Å²) in [7, 11) is 0. The molecule has 0 saturated heterocycles. The summed E-state index contributed by atoms with van der Waals surface area (Å²) in [5.74, 6) is 0.396. The molecule has 0 spiro atoms. The van der Waals surface area contributed by atoms with Gasteiger partial charge in [-0.3, -0.25) is 4.79 Å². The molecule has 5 nitrogen and oxygen atoms in total. The maximum absolute atomic E-state index is 12.2. The van der Waals surface area contributed by atoms with Crippen LogP contribution < -0.4 is 10.9 Å². The molecule has 102 valence electrons. The highest BCUT2D eigenvalue weighted by molar-refractivity contribution is 7.07. The Morgan fingerprint density at radius 2 is 2.16 bits per heavy atom. The minimum absolute atomic E-state index is 0.0896. The molecule has 0 aliphatic rings. The molecule has 19 heavy (non-hydrogen) atoms. The van der Waals surface area contributed by atoms with Gasteiger partial charge in [0.15, 0.2) is 5.82 Å². The molecule has 2 aromatic rings. The fourth-order valence-corrected chi connectivity index (χ4v) is 2.32. The summed E-state index contributed by atoms with van der Waals surface area (Å²) >= 11 is 1.57. The zero-order valence-corrected chi connectivity index (χ0v) is 12.2. The van der Waals surface area contributed by atoms with Crippen molar-refractivity contribution >= 4 is 17.2 Å². The fourth-order valence-electron chi connectivity index (χ4n) is 1.73. The first kappa shape index (κ1) is 13.7. The Morgan fingerprint density at radius 3 is 2.79 bits per heavy atom. The number of hydrogen-bond acceptors (Lipinski definition) is 5. The number of hydrogen-bond donors (Lipinski definition) is 1. The van der Waals surface area contributed by atoms with E-state index in [2.05, 4.69) is 15.3 Å². The zero-order valence-electron chi connectivity index (χ0n) is 11.4. The summed E-state index contributed by atoms with van der Waals surface area (Å²) in [6, 6.07) is 0. The average molecular weight is 278 g/mol. The van der Waals surface area contributed by atoms with Gasteiger partial charge < -0.3 is 9.88 Å². The summed E-state index contributed by atoms with van der Waals surface area (Å²) in [4.78, 5) is 20.5. The van der Waals surface area contributed by atoms with Crippen LogP contribution in [0.3, 0.4) is 0 Å². The Kier molecular flexibility index (Phi) is 3.99. The topological polar surface area (TPSA) is 59.8 Å². The third-order valence-electron chi connectivity index (χ3n) is 2.72. The molecule has 0 radical (unpaired) electrons. The third kappa shape index (κ3) is 3.41. The average Bonchev–Trinajstić information content (AvgIpc) is 2.83. The van der Waals surface area contributed by atoms with Crippen LogP contribution in [0.2, 0.25) is 0 Å². The van der Waals surface area contributed by atoms with Crippen LogP contribution >= 0.6 is 11.3 Å². The first-order valence-corrected chi connectivity index (χ1v) is 7.12. The summed E-state index contributed by atoms with van der Waals surface area (Å²) in [6.07, 6.45) is 4.15. The Bertz CT molecular complexity index is 583. The molecule has 0 atom stereocenters. The Morgan fingerprint density at radius 1 is 1.37 bits per heavy atom. The van der Waals surface area contributed by atoms with Crippen molar-refractivity contribution in [2.75, 3.05) is 11.9 Å². The van der Waals surface area contributed by atoms with Crippen LogP contribution in [0, 0.1) is 0 Å². The Labute approximate surface area is 116 Å². The predicted octanol–water partition coefficient (Wildman–Crippen LogP) is 2.11. The number of rotatable bonds is 4. The Hall–Kier alpha value is -1.69. The standard InChI is InChI=1S/C13H18N4OS/c1-13(2,3)17-7-6-15-11(12(17)18)14-5-4-10-8-19-9-16-10/h6-9H,4-5H2,1-3H3,(H,14,15). The molecule has 0 fully saturated rings. The van der Waals surface area contributed by atoms with E-state index in [4.69, 9.17) is 0 Å². The van der Waals surface area contributed by atoms with E-state index in [9.17, 15) is 4.79 Å². The van der Waals surface area contributed by atoms with Crippen molar-refractivity contribution in [2.24, 2.45) is 0 Å². The summed E-state index contributed by atoms with van der Waals surface area (Å²) < 4.78 is 1.69. The lowest BCUT2D eigenvalue weighted by molar-refractivity contribution is 0.383. The van der Waals surface area contributed by atoms with Gasteiger partial charge in [-0.1, -0.05) is 0 Å². The van der Waals surface area contributed by atoms with Gasteiger partial charge in [-0.15, -0.1) is 11.3 Å². The van der Waals surface area contributed by atoms with Crippen molar-refractivity contribution in [1.29, 1.82) is 0 Å². The highest BCUT2D eigenvalue weighted by Crippen LogP contribution is 2.10. The molecule has 6 heteroatoms. The van der Waals surface area contributed by atoms with Gasteiger partial charge in [-0.25, -0.2) is 9.97 Å². The molecule has 2 aromatic heterocycles. The van der Waals surface area contributed by atoms with Crippen LogP contribution in [-0.2, 0) is 12.0 Å². The van der Waals surface area contributed by atoms with E-state index in [0.717, 1.165) is 12.1 Å². The largest absolute Gasteiger partial charge is 0.365 e. The van der Waals surface area contributed by atoms with Gasteiger partial charge in [-0.05, 0) is 20.8 Å². The van der Waals surface area contributed by atoms with Crippen LogP contribution in [0.15, 0.2) is 28.1 Å². The van der Waals surface area contributed by atoms with Crippen LogP contribution in [0.25, 0.3) is 0 Å². The van der Waals surface area contributed by atoms with Gasteiger partial charge in [-0.2, -0.15) is 0 Å². The van der Waals surface area contributed by atoms with E-state index in [1.54, 1.807) is 28.3 Å². The van der Waals surface area contributed by atoms with Crippen LogP contribution in [0.4, 0.5) is 5.82 Å². The molecule has 0 aliphatic carbocycles. The molecular formula is C13H18N4OS. The van der Waals surface area contributed by atoms with Crippen molar-refractivity contribution in [3.63, 3.8) is 0 Å². The molecule has 0 unspecified atom stereocenters. The maximum Gasteiger partial charge on any atom is 0.293 e. The SMILES string of the molecule is CC(C)(C)n1ccnc(NCCc2cscn2)c1=O. The lowest BCUT2D eigenvalue weighted by Gasteiger charge is -2.22. The predicted molar refractivity (Wildman–Crippen MR) is 77.8 cm³/mol. The van der Waals surface area contributed by atoms with E-state index in [1.807, 2.05) is 31.7 Å². The van der Waals surface area contributed by atoms with Gasteiger partial charge in [0.05, 0.1) is 11.2 Å². The van der Waals surface area contributed by atoms with Crippen molar-refractivity contribution in [1.82, 2.24) is 14.5 Å². The second kappa shape index (κ2) is 5.52. The minimum atomic E-state index is -0.245. The van der Waals surface area contributed by atoms with Crippen LogP contribution in [0.1, 0.15) is 26.5 Å². The molecule has 0 amide bonds. The maximum atomic E-state index is 12.2. The summed E-state index contributed by atoms with van der Waals surface area (Å²) in [5, 5.41) is 5.09. The van der Waals surface area contributed by atoms with E-state index < -0.39 is 0 Å². The van der Waals surface area contributed by atoms with Crippen molar-refractivity contribution < 1.29 is 0 Å². The highest BCUT2D eigenvalue weighted by atomic mass is 32.1. The summed E-state index contributed by atoms with van der Waals surface area (Å²) in [5.41, 5.74) is 2.51. The quantitative estimate of drug-likeness (QED) is 0.930. The highest BCUT2D eigenvalue weighted by Gasteiger charge is 2.16. The van der Waals surface area contributed by atoms with Gasteiger partial charge in [0.1, 0.15) is 0 Å². The third-order valence-corrected chi connectivity index (χ3v) is 3.36. The van der Waals surface area contributed by atoms with E-state index >= 15 is 0 Å². The number of thiazole rings is 1. The second-order valence-electron chi connectivity index (χ2n) is 5.28. The molecule has 0 saturated carbocycles. The van der Waals surface area contributed by atoms with E-state index in [-0.39, 0.29) is 11.1 Å². The molecule has 2 heterocycles.